The van der Waals surface area contributed by atoms with E-state index in [0.29, 0.717) is 31.0 Å². The summed E-state index contributed by atoms with van der Waals surface area (Å²) in [5, 5.41) is 17.7. The molecule has 35 heavy (non-hydrogen) atoms. The van der Waals surface area contributed by atoms with Gasteiger partial charge in [0, 0.05) is 31.4 Å². The summed E-state index contributed by atoms with van der Waals surface area (Å²) in [6.07, 6.45) is 8.22. The zero-order valence-corrected chi connectivity index (χ0v) is 21.7. The molecule has 3 unspecified atom stereocenters. The van der Waals surface area contributed by atoms with Crippen molar-refractivity contribution in [3.05, 3.63) is 23.7 Å². The molecule has 0 radical (unpaired) electrons. The molecule has 9 heteroatoms. The van der Waals surface area contributed by atoms with Gasteiger partial charge >= 0.3 is 0 Å². The summed E-state index contributed by atoms with van der Waals surface area (Å²) in [5.41, 5.74) is 4.00. The van der Waals surface area contributed by atoms with Gasteiger partial charge in [0.1, 0.15) is 16.3 Å². The fraction of sp³-hybridized carbons (Fsp3) is 0.615. The third-order valence-corrected chi connectivity index (χ3v) is 8.13. The average Bonchev–Trinajstić information content (AvgIpc) is 3.45. The van der Waals surface area contributed by atoms with E-state index in [1.165, 1.54) is 12.8 Å². The highest BCUT2D eigenvalue weighted by Crippen LogP contribution is 2.44. The number of aromatic nitrogens is 4. The van der Waals surface area contributed by atoms with Crippen molar-refractivity contribution >= 4 is 33.3 Å². The quantitative estimate of drug-likeness (QED) is 0.335. The first-order chi connectivity index (χ1) is 17.1. The number of aliphatic hydroxyl groups is 1. The maximum atomic E-state index is 9.63. The molecule has 0 bridgehead atoms. The Kier molecular flexibility index (Phi) is 7.45. The van der Waals surface area contributed by atoms with Crippen LogP contribution in [0.3, 0.4) is 0 Å². The molecular formula is C26H36N6O2S. The number of anilines is 2. The van der Waals surface area contributed by atoms with Gasteiger partial charge in [0.15, 0.2) is 0 Å². The van der Waals surface area contributed by atoms with E-state index in [4.69, 9.17) is 19.7 Å². The van der Waals surface area contributed by atoms with Gasteiger partial charge in [-0.1, -0.05) is 6.92 Å². The minimum absolute atomic E-state index is 0.146. The van der Waals surface area contributed by atoms with E-state index in [1.807, 2.05) is 20.0 Å². The fourth-order valence-electron chi connectivity index (χ4n) is 4.90. The first-order valence-electron chi connectivity index (χ1n) is 13.0. The van der Waals surface area contributed by atoms with Crippen LogP contribution in [-0.2, 0) is 4.74 Å². The topological polar surface area (TPSA) is 105 Å². The summed E-state index contributed by atoms with van der Waals surface area (Å²) >= 11 is 1.68. The number of aryl methyl sites for hydroxylation is 1. The first kappa shape index (κ1) is 24.3. The van der Waals surface area contributed by atoms with Crippen LogP contribution < -0.4 is 10.6 Å². The van der Waals surface area contributed by atoms with E-state index in [9.17, 15) is 5.11 Å². The average molecular weight is 497 g/mol. The van der Waals surface area contributed by atoms with Gasteiger partial charge in [-0.2, -0.15) is 4.98 Å². The number of pyridine rings is 1. The van der Waals surface area contributed by atoms with Gasteiger partial charge in [0.05, 0.1) is 34.3 Å². The number of hydrogen-bond donors (Lipinski definition) is 3. The predicted octanol–water partition coefficient (Wildman–Crippen LogP) is 5.13. The predicted molar refractivity (Wildman–Crippen MR) is 141 cm³/mol. The van der Waals surface area contributed by atoms with E-state index in [-0.39, 0.29) is 18.7 Å². The van der Waals surface area contributed by atoms with Crippen molar-refractivity contribution in [1.82, 2.24) is 19.9 Å². The Balaban J connectivity index is 1.51. The molecule has 0 aliphatic heterocycles. The highest BCUT2D eigenvalue weighted by atomic mass is 32.1. The summed E-state index contributed by atoms with van der Waals surface area (Å²) in [6.45, 7) is 7.73. The number of hydrogen-bond acceptors (Lipinski definition) is 9. The molecule has 3 atom stereocenters. The van der Waals surface area contributed by atoms with Crippen molar-refractivity contribution in [2.75, 3.05) is 30.5 Å². The number of nitrogens with zero attached hydrogens (tertiary/aromatic N) is 4. The van der Waals surface area contributed by atoms with Crippen molar-refractivity contribution in [3.63, 3.8) is 0 Å². The zero-order valence-electron chi connectivity index (χ0n) is 20.9. The molecule has 8 nitrogen and oxygen atoms in total. The molecule has 2 saturated carbocycles. The van der Waals surface area contributed by atoms with E-state index < -0.39 is 0 Å². The second-order valence-electron chi connectivity index (χ2n) is 9.80. The minimum atomic E-state index is 0.146. The molecule has 0 aromatic carbocycles. The second kappa shape index (κ2) is 10.7. The smallest absolute Gasteiger partial charge is 0.225 e. The summed E-state index contributed by atoms with van der Waals surface area (Å²) in [5.74, 6) is 2.32. The van der Waals surface area contributed by atoms with Gasteiger partial charge in [-0.15, -0.1) is 11.3 Å². The molecule has 3 N–H and O–H groups in total. The summed E-state index contributed by atoms with van der Waals surface area (Å²) in [4.78, 5) is 19.5. The number of ether oxygens (including phenoxy) is 1. The Hall–Kier alpha value is -2.36. The monoisotopic (exact) mass is 496 g/mol. The molecule has 2 aliphatic rings. The van der Waals surface area contributed by atoms with Crippen LogP contribution in [0.1, 0.15) is 69.7 Å². The number of thiazole rings is 1. The van der Waals surface area contributed by atoms with Gasteiger partial charge in [-0.05, 0) is 64.4 Å². The van der Waals surface area contributed by atoms with Crippen molar-refractivity contribution < 1.29 is 9.84 Å². The molecule has 3 heterocycles. The molecule has 188 valence electrons. The minimum Gasteiger partial charge on any atom is -0.396 e. The molecule has 0 spiro atoms. The Morgan fingerprint density at radius 3 is 2.74 bits per heavy atom. The number of nitrogens with one attached hydrogen (secondary N) is 2. The molecule has 3 aromatic rings. The van der Waals surface area contributed by atoms with E-state index in [0.717, 1.165) is 63.7 Å². The van der Waals surface area contributed by atoms with Crippen LogP contribution in [0.4, 0.5) is 11.8 Å². The highest BCUT2D eigenvalue weighted by molar-refractivity contribution is 7.21. The Morgan fingerprint density at radius 2 is 2.03 bits per heavy atom. The van der Waals surface area contributed by atoms with E-state index in [1.54, 1.807) is 11.3 Å². The van der Waals surface area contributed by atoms with Crippen LogP contribution >= 0.6 is 11.3 Å². The molecule has 0 amide bonds. The third-order valence-electron chi connectivity index (χ3n) is 7.09. The Labute approximate surface area is 211 Å². The summed E-state index contributed by atoms with van der Waals surface area (Å²) in [7, 11) is 0. The lowest BCUT2D eigenvalue weighted by Crippen LogP contribution is -2.26. The van der Waals surface area contributed by atoms with Crippen molar-refractivity contribution in [2.45, 2.75) is 77.3 Å². The van der Waals surface area contributed by atoms with Crippen LogP contribution in [0, 0.1) is 12.8 Å². The SMILES string of the molecule is CCOCC(CC)Nc1nc(C)c(-c2nc3c(C4CC4)nccc3s2)c(NC2CCC(CO)C2)n1. The number of rotatable bonds is 11. The van der Waals surface area contributed by atoms with Crippen molar-refractivity contribution in [2.24, 2.45) is 5.92 Å². The second-order valence-corrected chi connectivity index (χ2v) is 10.8. The standard InChI is InChI=1S/C26H36N6O2S/c1-4-18(14-34-5-2)30-26-28-15(3)21(24(32-26)29-19-9-6-16(12-19)13-33)25-31-23-20(35-25)10-11-27-22(23)17-7-8-17/h10-11,16-19,33H,4-9,12-14H2,1-3H3,(H2,28,29,30,32). The molecule has 2 fully saturated rings. The van der Waals surface area contributed by atoms with Crippen LogP contribution in [0.5, 0.6) is 0 Å². The van der Waals surface area contributed by atoms with Gasteiger partial charge < -0.3 is 20.5 Å². The molecule has 3 aromatic heterocycles. The van der Waals surface area contributed by atoms with Crippen molar-refractivity contribution in [3.8, 4) is 10.6 Å². The number of aliphatic hydroxyl groups excluding tert-OH is 1. The highest BCUT2D eigenvalue weighted by Gasteiger charge is 2.30. The molecule has 5 rings (SSSR count). The van der Waals surface area contributed by atoms with Crippen LogP contribution in [0.2, 0.25) is 0 Å². The molecule has 0 saturated heterocycles. The zero-order chi connectivity index (χ0) is 24.4. The third kappa shape index (κ3) is 5.42. The van der Waals surface area contributed by atoms with Crippen LogP contribution in [-0.4, -0.2) is 56.9 Å². The lowest BCUT2D eigenvalue weighted by Gasteiger charge is -2.21. The van der Waals surface area contributed by atoms with Crippen LogP contribution in [0.15, 0.2) is 12.3 Å². The van der Waals surface area contributed by atoms with E-state index in [2.05, 4.69) is 28.6 Å². The Bertz CT molecular complexity index is 1160. The van der Waals surface area contributed by atoms with Crippen molar-refractivity contribution in [1.29, 1.82) is 0 Å². The summed E-state index contributed by atoms with van der Waals surface area (Å²) < 4.78 is 6.80. The Morgan fingerprint density at radius 1 is 1.17 bits per heavy atom. The maximum Gasteiger partial charge on any atom is 0.225 e. The maximum absolute atomic E-state index is 9.63. The first-order valence-corrected chi connectivity index (χ1v) is 13.8. The van der Waals surface area contributed by atoms with E-state index >= 15 is 0 Å². The lowest BCUT2D eigenvalue weighted by atomic mass is 10.1. The fourth-order valence-corrected chi connectivity index (χ4v) is 5.97. The van der Waals surface area contributed by atoms with Crippen LogP contribution in [0.25, 0.3) is 20.8 Å². The summed E-state index contributed by atoms with van der Waals surface area (Å²) in [6, 6.07) is 2.48. The molecular weight excluding hydrogens is 460 g/mol. The van der Waals surface area contributed by atoms with Gasteiger partial charge in [0.25, 0.3) is 0 Å². The largest absolute Gasteiger partial charge is 0.396 e. The lowest BCUT2D eigenvalue weighted by molar-refractivity contribution is 0.136. The normalized spacial score (nSPS) is 20.9. The molecule has 2 aliphatic carbocycles. The van der Waals surface area contributed by atoms with Gasteiger partial charge in [-0.25, -0.2) is 9.97 Å². The van der Waals surface area contributed by atoms with Gasteiger partial charge in [-0.3, -0.25) is 4.98 Å². The van der Waals surface area contributed by atoms with Gasteiger partial charge in [0.2, 0.25) is 5.95 Å². The number of fused-ring (bicyclic) bond motifs is 1.